The SMILES string of the molecule is C[C@@H]1C=CC=C(N)C=C1C(C)(C)C. The Kier molecular flexibility index (Phi) is 2.65. The molecule has 2 N–H and O–H groups in total. The standard InChI is InChI=1S/C12H19N/c1-9-6-5-7-10(13)8-11(9)12(2,3)4/h5-9H,13H2,1-4H3/t9-/m1/s1. The van der Waals surface area contributed by atoms with Gasteiger partial charge in [0.2, 0.25) is 0 Å². The Bertz CT molecular complexity index is 274. The summed E-state index contributed by atoms with van der Waals surface area (Å²) < 4.78 is 0. The van der Waals surface area contributed by atoms with Gasteiger partial charge >= 0.3 is 0 Å². The lowest BCUT2D eigenvalue weighted by Crippen LogP contribution is -2.15. The maximum Gasteiger partial charge on any atom is 0.0313 e. The fourth-order valence-electron chi connectivity index (χ4n) is 1.70. The minimum absolute atomic E-state index is 0.201. The lowest BCUT2D eigenvalue weighted by Gasteiger charge is -2.26. The molecular weight excluding hydrogens is 158 g/mol. The van der Waals surface area contributed by atoms with E-state index in [2.05, 4.69) is 39.8 Å². The summed E-state index contributed by atoms with van der Waals surface area (Å²) in [6.07, 6.45) is 8.28. The van der Waals surface area contributed by atoms with Crippen molar-refractivity contribution in [2.45, 2.75) is 27.7 Å². The lowest BCUT2D eigenvalue weighted by atomic mass is 9.79. The van der Waals surface area contributed by atoms with Gasteiger partial charge < -0.3 is 5.73 Å². The Morgan fingerprint density at radius 1 is 1.31 bits per heavy atom. The molecule has 13 heavy (non-hydrogen) atoms. The van der Waals surface area contributed by atoms with Gasteiger partial charge in [0.1, 0.15) is 0 Å². The zero-order chi connectivity index (χ0) is 10.1. The van der Waals surface area contributed by atoms with Gasteiger partial charge in [0.15, 0.2) is 0 Å². The molecule has 1 aliphatic rings. The average Bonchev–Trinajstić information content (AvgIpc) is 2.11. The Hall–Kier alpha value is -0.980. The second kappa shape index (κ2) is 3.41. The van der Waals surface area contributed by atoms with Gasteiger partial charge in [-0.15, -0.1) is 0 Å². The van der Waals surface area contributed by atoms with Crippen LogP contribution >= 0.6 is 0 Å². The molecule has 0 radical (unpaired) electrons. The first kappa shape index (κ1) is 10.1. The van der Waals surface area contributed by atoms with Crippen LogP contribution in [0.25, 0.3) is 0 Å². The van der Waals surface area contributed by atoms with Crippen LogP contribution in [-0.2, 0) is 0 Å². The molecule has 1 atom stereocenters. The van der Waals surface area contributed by atoms with Crippen LogP contribution in [0.1, 0.15) is 27.7 Å². The predicted octanol–water partition coefficient (Wildman–Crippen LogP) is 3.01. The molecular formula is C12H19N. The number of nitrogens with two attached hydrogens (primary N) is 1. The first-order chi connectivity index (χ1) is 5.91. The van der Waals surface area contributed by atoms with E-state index in [1.165, 1.54) is 5.57 Å². The Balaban J connectivity index is 3.07. The quantitative estimate of drug-likeness (QED) is 0.604. The molecule has 0 unspecified atom stereocenters. The number of hydrogen-bond acceptors (Lipinski definition) is 1. The highest BCUT2D eigenvalue weighted by Crippen LogP contribution is 2.33. The molecule has 1 rings (SSSR count). The van der Waals surface area contributed by atoms with Gasteiger partial charge in [-0.2, -0.15) is 0 Å². The van der Waals surface area contributed by atoms with Gasteiger partial charge in [-0.05, 0) is 23.5 Å². The highest BCUT2D eigenvalue weighted by Gasteiger charge is 2.21. The van der Waals surface area contributed by atoms with E-state index in [9.17, 15) is 0 Å². The number of rotatable bonds is 0. The van der Waals surface area contributed by atoms with Crippen LogP contribution < -0.4 is 5.73 Å². The molecule has 0 amide bonds. The molecule has 0 bridgehead atoms. The summed E-state index contributed by atoms with van der Waals surface area (Å²) in [6.45, 7) is 8.88. The van der Waals surface area contributed by atoms with E-state index >= 15 is 0 Å². The average molecular weight is 177 g/mol. The summed E-state index contributed by atoms with van der Waals surface area (Å²) in [7, 11) is 0. The molecule has 72 valence electrons. The van der Waals surface area contributed by atoms with Crippen LogP contribution in [0.2, 0.25) is 0 Å². The summed E-state index contributed by atoms with van der Waals surface area (Å²) in [4.78, 5) is 0. The predicted molar refractivity (Wildman–Crippen MR) is 58.1 cm³/mol. The van der Waals surface area contributed by atoms with Gasteiger partial charge in [0.25, 0.3) is 0 Å². The van der Waals surface area contributed by atoms with Crippen LogP contribution in [0.5, 0.6) is 0 Å². The Morgan fingerprint density at radius 2 is 1.92 bits per heavy atom. The van der Waals surface area contributed by atoms with Crippen molar-refractivity contribution >= 4 is 0 Å². The van der Waals surface area contributed by atoms with Crippen LogP contribution in [0.3, 0.4) is 0 Å². The first-order valence-electron chi connectivity index (χ1n) is 4.77. The van der Waals surface area contributed by atoms with Gasteiger partial charge in [-0.3, -0.25) is 0 Å². The third-order valence-electron chi connectivity index (χ3n) is 2.37. The van der Waals surface area contributed by atoms with Crippen molar-refractivity contribution in [3.05, 3.63) is 35.6 Å². The maximum absolute atomic E-state index is 5.82. The fraction of sp³-hybridized carbons (Fsp3) is 0.500. The van der Waals surface area contributed by atoms with Crippen LogP contribution in [-0.4, -0.2) is 0 Å². The zero-order valence-electron chi connectivity index (χ0n) is 8.96. The molecule has 0 spiro atoms. The van der Waals surface area contributed by atoms with Crippen molar-refractivity contribution < 1.29 is 0 Å². The molecule has 0 heterocycles. The third-order valence-corrected chi connectivity index (χ3v) is 2.37. The normalized spacial score (nSPS) is 23.5. The van der Waals surface area contributed by atoms with Crippen LogP contribution in [0.4, 0.5) is 0 Å². The molecule has 0 aromatic heterocycles. The second-order valence-electron chi connectivity index (χ2n) is 4.69. The van der Waals surface area contributed by atoms with E-state index in [1.807, 2.05) is 12.2 Å². The minimum atomic E-state index is 0.201. The smallest absolute Gasteiger partial charge is 0.0313 e. The Labute approximate surface area is 81.0 Å². The highest BCUT2D eigenvalue weighted by molar-refractivity contribution is 5.34. The highest BCUT2D eigenvalue weighted by atomic mass is 14.6. The summed E-state index contributed by atoms with van der Waals surface area (Å²) in [6, 6.07) is 0. The molecule has 1 aliphatic carbocycles. The molecule has 1 heteroatoms. The van der Waals surface area contributed by atoms with E-state index in [-0.39, 0.29) is 5.41 Å². The van der Waals surface area contributed by atoms with Crippen molar-refractivity contribution in [2.75, 3.05) is 0 Å². The largest absolute Gasteiger partial charge is 0.399 e. The molecule has 0 saturated heterocycles. The van der Waals surface area contributed by atoms with Gasteiger partial charge in [-0.1, -0.05) is 45.4 Å². The fourth-order valence-corrected chi connectivity index (χ4v) is 1.70. The molecule has 0 fully saturated rings. The van der Waals surface area contributed by atoms with Crippen LogP contribution in [0, 0.1) is 11.3 Å². The lowest BCUT2D eigenvalue weighted by molar-refractivity contribution is 0.462. The molecule has 0 aromatic carbocycles. The maximum atomic E-state index is 5.82. The zero-order valence-corrected chi connectivity index (χ0v) is 8.96. The topological polar surface area (TPSA) is 26.0 Å². The van der Waals surface area contributed by atoms with Gasteiger partial charge in [-0.25, -0.2) is 0 Å². The summed E-state index contributed by atoms with van der Waals surface area (Å²) in [5, 5.41) is 0. The van der Waals surface area contributed by atoms with Crippen LogP contribution in [0.15, 0.2) is 35.6 Å². The summed E-state index contributed by atoms with van der Waals surface area (Å²) in [5.41, 5.74) is 8.27. The number of allylic oxidation sites excluding steroid dienone is 5. The van der Waals surface area contributed by atoms with Crippen molar-refractivity contribution in [1.29, 1.82) is 0 Å². The van der Waals surface area contributed by atoms with E-state index in [0.29, 0.717) is 5.92 Å². The van der Waals surface area contributed by atoms with Gasteiger partial charge in [0, 0.05) is 5.70 Å². The summed E-state index contributed by atoms with van der Waals surface area (Å²) >= 11 is 0. The summed E-state index contributed by atoms with van der Waals surface area (Å²) in [5.74, 6) is 0.484. The molecule has 0 saturated carbocycles. The molecule has 1 nitrogen and oxygen atoms in total. The van der Waals surface area contributed by atoms with Crippen molar-refractivity contribution in [2.24, 2.45) is 17.1 Å². The minimum Gasteiger partial charge on any atom is -0.399 e. The van der Waals surface area contributed by atoms with E-state index in [0.717, 1.165) is 5.70 Å². The monoisotopic (exact) mass is 177 g/mol. The molecule has 0 aromatic rings. The van der Waals surface area contributed by atoms with E-state index in [4.69, 9.17) is 5.73 Å². The van der Waals surface area contributed by atoms with Crippen molar-refractivity contribution in [3.8, 4) is 0 Å². The third kappa shape index (κ3) is 2.48. The second-order valence-corrected chi connectivity index (χ2v) is 4.69. The van der Waals surface area contributed by atoms with E-state index < -0.39 is 0 Å². The number of hydrogen-bond donors (Lipinski definition) is 1. The van der Waals surface area contributed by atoms with Crippen molar-refractivity contribution in [1.82, 2.24) is 0 Å². The van der Waals surface area contributed by atoms with Gasteiger partial charge in [0.05, 0.1) is 0 Å². The molecule has 0 aliphatic heterocycles. The Morgan fingerprint density at radius 3 is 2.46 bits per heavy atom. The first-order valence-corrected chi connectivity index (χ1v) is 4.77. The van der Waals surface area contributed by atoms with E-state index in [1.54, 1.807) is 0 Å². The van der Waals surface area contributed by atoms with Crippen molar-refractivity contribution in [3.63, 3.8) is 0 Å².